The molecule has 0 saturated carbocycles. The minimum Gasteiger partial charge on any atom is -0.478 e. The van der Waals surface area contributed by atoms with Crippen LogP contribution < -0.4 is 5.73 Å². The summed E-state index contributed by atoms with van der Waals surface area (Å²) in [5.41, 5.74) is 8.29. The number of anilines is 1. The predicted molar refractivity (Wildman–Crippen MR) is 51.9 cm³/mol. The van der Waals surface area contributed by atoms with Crippen molar-refractivity contribution in [1.29, 1.82) is 0 Å². The van der Waals surface area contributed by atoms with E-state index >= 15 is 0 Å². The molecule has 0 aliphatic rings. The number of carbonyl (C=O) groups is 1. The van der Waals surface area contributed by atoms with Crippen molar-refractivity contribution in [2.45, 2.75) is 20.3 Å². The standard InChI is InChI=1S/C10H13NO2/c1-3-7-6(2)4-5-8(9(7)11)10(12)13/h4-5H,3,11H2,1-2H3,(H,12,13). The number of aryl methyl sites for hydroxylation is 1. The van der Waals surface area contributed by atoms with Crippen molar-refractivity contribution in [3.8, 4) is 0 Å². The van der Waals surface area contributed by atoms with Crippen molar-refractivity contribution < 1.29 is 9.90 Å². The molecule has 0 fully saturated rings. The third kappa shape index (κ3) is 1.64. The molecular weight excluding hydrogens is 166 g/mol. The maximum absolute atomic E-state index is 10.7. The van der Waals surface area contributed by atoms with E-state index < -0.39 is 5.97 Å². The van der Waals surface area contributed by atoms with Gasteiger partial charge in [0.15, 0.2) is 0 Å². The van der Waals surface area contributed by atoms with Crippen molar-refractivity contribution in [1.82, 2.24) is 0 Å². The first-order valence-corrected chi connectivity index (χ1v) is 4.19. The highest BCUT2D eigenvalue weighted by Crippen LogP contribution is 2.21. The zero-order chi connectivity index (χ0) is 10.0. The van der Waals surface area contributed by atoms with Crippen molar-refractivity contribution in [2.75, 3.05) is 5.73 Å². The maximum atomic E-state index is 10.7. The lowest BCUT2D eigenvalue weighted by atomic mass is 10.00. The summed E-state index contributed by atoms with van der Waals surface area (Å²) in [6.45, 7) is 3.89. The molecule has 1 aromatic rings. The van der Waals surface area contributed by atoms with E-state index in [0.29, 0.717) is 5.69 Å². The van der Waals surface area contributed by atoms with E-state index in [2.05, 4.69) is 0 Å². The largest absolute Gasteiger partial charge is 0.478 e. The van der Waals surface area contributed by atoms with Crippen LogP contribution >= 0.6 is 0 Å². The summed E-state index contributed by atoms with van der Waals surface area (Å²) < 4.78 is 0. The van der Waals surface area contributed by atoms with Crippen LogP contribution in [0.3, 0.4) is 0 Å². The number of nitrogens with two attached hydrogens (primary N) is 1. The molecule has 0 amide bonds. The van der Waals surface area contributed by atoms with Gasteiger partial charge in [-0.05, 0) is 30.5 Å². The molecule has 0 atom stereocenters. The quantitative estimate of drug-likeness (QED) is 0.681. The Hall–Kier alpha value is -1.51. The van der Waals surface area contributed by atoms with Crippen LogP contribution in [0.1, 0.15) is 28.4 Å². The minimum atomic E-state index is -0.966. The minimum absolute atomic E-state index is 0.197. The van der Waals surface area contributed by atoms with Crippen LogP contribution in [0.25, 0.3) is 0 Å². The molecule has 70 valence electrons. The zero-order valence-electron chi connectivity index (χ0n) is 7.79. The summed E-state index contributed by atoms with van der Waals surface area (Å²) in [5.74, 6) is -0.966. The molecule has 0 saturated heterocycles. The Labute approximate surface area is 77.2 Å². The molecule has 0 heterocycles. The summed E-state index contributed by atoms with van der Waals surface area (Å²) in [7, 11) is 0. The van der Waals surface area contributed by atoms with E-state index in [1.54, 1.807) is 12.1 Å². The van der Waals surface area contributed by atoms with Gasteiger partial charge in [0.05, 0.1) is 5.56 Å². The summed E-state index contributed by atoms with van der Waals surface area (Å²) in [4.78, 5) is 10.7. The Bertz CT molecular complexity index is 345. The number of aromatic carboxylic acids is 1. The van der Waals surface area contributed by atoms with E-state index in [0.717, 1.165) is 17.5 Å². The van der Waals surface area contributed by atoms with Crippen molar-refractivity contribution in [3.63, 3.8) is 0 Å². The molecule has 1 rings (SSSR count). The predicted octanol–water partition coefficient (Wildman–Crippen LogP) is 1.84. The number of carboxylic acids is 1. The smallest absolute Gasteiger partial charge is 0.337 e. The second-order valence-corrected chi connectivity index (χ2v) is 2.98. The molecule has 0 aromatic heterocycles. The Kier molecular flexibility index (Phi) is 2.56. The number of benzene rings is 1. The number of hydrogen-bond donors (Lipinski definition) is 2. The number of nitrogen functional groups attached to an aromatic ring is 1. The summed E-state index contributed by atoms with van der Waals surface area (Å²) in [6, 6.07) is 3.34. The normalized spacial score (nSPS) is 10.0. The molecule has 3 N–H and O–H groups in total. The SMILES string of the molecule is CCc1c(C)ccc(C(=O)O)c1N. The van der Waals surface area contributed by atoms with Crippen LogP contribution in [0.5, 0.6) is 0 Å². The first kappa shape index (κ1) is 9.58. The van der Waals surface area contributed by atoms with Gasteiger partial charge in [0.25, 0.3) is 0 Å². The van der Waals surface area contributed by atoms with E-state index in [1.165, 1.54) is 0 Å². The summed E-state index contributed by atoms with van der Waals surface area (Å²) >= 11 is 0. The molecule has 0 spiro atoms. The Morgan fingerprint density at radius 2 is 2.15 bits per heavy atom. The molecule has 0 unspecified atom stereocenters. The Morgan fingerprint density at radius 1 is 1.54 bits per heavy atom. The lowest BCUT2D eigenvalue weighted by Crippen LogP contribution is -2.06. The number of hydrogen-bond acceptors (Lipinski definition) is 2. The lowest BCUT2D eigenvalue weighted by molar-refractivity contribution is 0.0698. The highest BCUT2D eigenvalue weighted by atomic mass is 16.4. The van der Waals surface area contributed by atoms with E-state index in [9.17, 15) is 4.79 Å². The average Bonchev–Trinajstić information content (AvgIpc) is 2.04. The second kappa shape index (κ2) is 3.47. The van der Waals surface area contributed by atoms with Gasteiger partial charge in [-0.25, -0.2) is 4.79 Å². The highest BCUT2D eigenvalue weighted by molar-refractivity contribution is 5.94. The van der Waals surface area contributed by atoms with Crippen LogP contribution in [0.2, 0.25) is 0 Å². The molecule has 0 bridgehead atoms. The van der Waals surface area contributed by atoms with Gasteiger partial charge < -0.3 is 10.8 Å². The van der Waals surface area contributed by atoms with Crippen LogP contribution in [-0.2, 0) is 6.42 Å². The Morgan fingerprint density at radius 3 is 2.62 bits per heavy atom. The first-order valence-electron chi connectivity index (χ1n) is 4.19. The van der Waals surface area contributed by atoms with Gasteiger partial charge in [-0.1, -0.05) is 13.0 Å². The Balaban J connectivity index is 3.35. The van der Waals surface area contributed by atoms with Gasteiger partial charge in [-0.2, -0.15) is 0 Å². The molecule has 13 heavy (non-hydrogen) atoms. The van der Waals surface area contributed by atoms with E-state index in [-0.39, 0.29) is 5.56 Å². The van der Waals surface area contributed by atoms with Gasteiger partial charge in [-0.15, -0.1) is 0 Å². The summed E-state index contributed by atoms with van der Waals surface area (Å²) in [5, 5.41) is 8.80. The third-order valence-electron chi connectivity index (χ3n) is 2.18. The van der Waals surface area contributed by atoms with Gasteiger partial charge in [0, 0.05) is 5.69 Å². The molecule has 1 aromatic carbocycles. The summed E-state index contributed by atoms with van der Waals surface area (Å²) in [6.07, 6.45) is 0.763. The van der Waals surface area contributed by atoms with Crippen LogP contribution in [0.15, 0.2) is 12.1 Å². The van der Waals surface area contributed by atoms with Gasteiger partial charge >= 0.3 is 5.97 Å². The van der Waals surface area contributed by atoms with Crippen LogP contribution in [0, 0.1) is 6.92 Å². The highest BCUT2D eigenvalue weighted by Gasteiger charge is 2.11. The number of carboxylic acid groups (broad SMARTS) is 1. The third-order valence-corrected chi connectivity index (χ3v) is 2.18. The second-order valence-electron chi connectivity index (χ2n) is 2.98. The molecule has 3 heteroatoms. The molecule has 0 aliphatic heterocycles. The van der Waals surface area contributed by atoms with Gasteiger partial charge in [0.2, 0.25) is 0 Å². The fourth-order valence-corrected chi connectivity index (χ4v) is 1.43. The fraction of sp³-hybridized carbons (Fsp3) is 0.300. The topological polar surface area (TPSA) is 63.3 Å². The van der Waals surface area contributed by atoms with E-state index in [1.807, 2.05) is 13.8 Å². The van der Waals surface area contributed by atoms with Crippen molar-refractivity contribution in [3.05, 3.63) is 28.8 Å². The zero-order valence-corrected chi connectivity index (χ0v) is 7.79. The molecule has 0 aliphatic carbocycles. The van der Waals surface area contributed by atoms with Gasteiger partial charge in [0.1, 0.15) is 0 Å². The van der Waals surface area contributed by atoms with Crippen molar-refractivity contribution >= 4 is 11.7 Å². The molecule has 3 nitrogen and oxygen atoms in total. The lowest BCUT2D eigenvalue weighted by Gasteiger charge is -2.09. The average molecular weight is 179 g/mol. The monoisotopic (exact) mass is 179 g/mol. The van der Waals surface area contributed by atoms with Crippen LogP contribution in [0.4, 0.5) is 5.69 Å². The molecule has 0 radical (unpaired) electrons. The van der Waals surface area contributed by atoms with Gasteiger partial charge in [-0.3, -0.25) is 0 Å². The number of rotatable bonds is 2. The fourth-order valence-electron chi connectivity index (χ4n) is 1.43. The first-order chi connectivity index (χ1) is 6.07. The molecular formula is C10H13NO2. The maximum Gasteiger partial charge on any atom is 0.337 e. The van der Waals surface area contributed by atoms with E-state index in [4.69, 9.17) is 10.8 Å². The van der Waals surface area contributed by atoms with Crippen molar-refractivity contribution in [2.24, 2.45) is 0 Å². The van der Waals surface area contributed by atoms with Crippen LogP contribution in [-0.4, -0.2) is 11.1 Å².